The summed E-state index contributed by atoms with van der Waals surface area (Å²) in [7, 11) is 0. The van der Waals surface area contributed by atoms with Crippen molar-refractivity contribution >= 4 is 6.29 Å². The van der Waals surface area contributed by atoms with Crippen molar-refractivity contribution in [1.82, 2.24) is 9.97 Å². The van der Waals surface area contributed by atoms with Gasteiger partial charge in [0.1, 0.15) is 12.6 Å². The molecule has 0 atom stereocenters. The monoisotopic (exact) mass is 194 g/mol. The van der Waals surface area contributed by atoms with Crippen molar-refractivity contribution in [1.29, 1.82) is 0 Å². The van der Waals surface area contributed by atoms with E-state index < -0.39 is 0 Å². The second kappa shape index (κ2) is 5.32. The van der Waals surface area contributed by atoms with Gasteiger partial charge in [-0.1, -0.05) is 13.8 Å². The maximum Gasteiger partial charge on any atom is 0.220 e. The molecule has 1 heterocycles. The predicted octanol–water partition coefficient (Wildman–Crippen LogP) is 1.25. The van der Waals surface area contributed by atoms with E-state index in [-0.39, 0.29) is 0 Å². The van der Waals surface area contributed by atoms with Gasteiger partial charge in [-0.3, -0.25) is 0 Å². The average Bonchev–Trinajstić information content (AvgIpc) is 2.17. The molecule has 0 saturated heterocycles. The van der Waals surface area contributed by atoms with E-state index in [4.69, 9.17) is 4.74 Å². The van der Waals surface area contributed by atoms with E-state index in [1.807, 2.05) is 0 Å². The molecule has 0 unspecified atom stereocenters. The number of aldehydes is 1. The van der Waals surface area contributed by atoms with E-state index >= 15 is 0 Å². The van der Waals surface area contributed by atoms with Gasteiger partial charge in [-0.15, -0.1) is 0 Å². The Balaban J connectivity index is 2.68. The Morgan fingerprint density at radius 1 is 1.57 bits per heavy atom. The van der Waals surface area contributed by atoms with Crippen LogP contribution in [0.1, 0.15) is 19.4 Å². The SMILES string of the molecule is CC(C)COc1ncncc1CC=O. The minimum Gasteiger partial charge on any atom is -0.477 e. The van der Waals surface area contributed by atoms with Gasteiger partial charge in [0.15, 0.2) is 0 Å². The van der Waals surface area contributed by atoms with E-state index in [0.29, 0.717) is 24.8 Å². The molecule has 0 saturated carbocycles. The Hall–Kier alpha value is -1.45. The highest BCUT2D eigenvalue weighted by molar-refractivity contribution is 5.56. The van der Waals surface area contributed by atoms with E-state index in [9.17, 15) is 4.79 Å². The van der Waals surface area contributed by atoms with Gasteiger partial charge in [-0.25, -0.2) is 9.97 Å². The molecule has 0 amide bonds. The van der Waals surface area contributed by atoms with Crippen LogP contribution >= 0.6 is 0 Å². The molecule has 0 aliphatic carbocycles. The van der Waals surface area contributed by atoms with Gasteiger partial charge in [0.25, 0.3) is 0 Å². The third-order valence-electron chi connectivity index (χ3n) is 1.60. The summed E-state index contributed by atoms with van der Waals surface area (Å²) in [6.45, 7) is 4.71. The molecule has 4 heteroatoms. The molecule has 14 heavy (non-hydrogen) atoms. The highest BCUT2D eigenvalue weighted by Crippen LogP contribution is 2.13. The summed E-state index contributed by atoms with van der Waals surface area (Å²) in [6, 6.07) is 0. The third kappa shape index (κ3) is 3.12. The van der Waals surface area contributed by atoms with Crippen LogP contribution in [0.4, 0.5) is 0 Å². The van der Waals surface area contributed by atoms with E-state index in [2.05, 4.69) is 23.8 Å². The maximum atomic E-state index is 10.4. The molecular weight excluding hydrogens is 180 g/mol. The quantitative estimate of drug-likeness (QED) is 0.662. The minimum absolute atomic E-state index is 0.300. The van der Waals surface area contributed by atoms with Crippen LogP contribution < -0.4 is 4.74 Å². The molecule has 0 spiro atoms. The number of hydrogen-bond acceptors (Lipinski definition) is 4. The first-order valence-electron chi connectivity index (χ1n) is 4.59. The van der Waals surface area contributed by atoms with Crippen molar-refractivity contribution in [3.8, 4) is 5.88 Å². The Labute approximate surface area is 83.3 Å². The topological polar surface area (TPSA) is 52.1 Å². The van der Waals surface area contributed by atoms with Crippen LogP contribution in [0, 0.1) is 5.92 Å². The molecule has 0 aliphatic heterocycles. The first kappa shape index (κ1) is 10.6. The van der Waals surface area contributed by atoms with Crippen LogP contribution in [0.3, 0.4) is 0 Å². The summed E-state index contributed by atoms with van der Waals surface area (Å²) in [6.07, 6.45) is 4.15. The zero-order valence-electron chi connectivity index (χ0n) is 8.43. The predicted molar refractivity (Wildman–Crippen MR) is 52.1 cm³/mol. The lowest BCUT2D eigenvalue weighted by Crippen LogP contribution is -2.08. The van der Waals surface area contributed by atoms with Gasteiger partial charge < -0.3 is 9.53 Å². The molecule has 0 N–H and O–H groups in total. The largest absolute Gasteiger partial charge is 0.477 e. The fourth-order valence-electron chi connectivity index (χ4n) is 0.953. The molecule has 4 nitrogen and oxygen atoms in total. The fraction of sp³-hybridized carbons (Fsp3) is 0.500. The first-order chi connectivity index (χ1) is 6.74. The first-order valence-corrected chi connectivity index (χ1v) is 4.59. The van der Waals surface area contributed by atoms with Crippen LogP contribution in [0.15, 0.2) is 12.5 Å². The van der Waals surface area contributed by atoms with Gasteiger partial charge >= 0.3 is 0 Å². The molecule has 0 aliphatic rings. The summed E-state index contributed by atoms with van der Waals surface area (Å²) in [5.74, 6) is 0.954. The smallest absolute Gasteiger partial charge is 0.220 e. The van der Waals surface area contributed by atoms with Crippen molar-refractivity contribution in [3.63, 3.8) is 0 Å². The highest BCUT2D eigenvalue weighted by Gasteiger charge is 2.05. The van der Waals surface area contributed by atoms with Crippen LogP contribution in [-0.4, -0.2) is 22.9 Å². The lowest BCUT2D eigenvalue weighted by Gasteiger charge is -2.09. The third-order valence-corrected chi connectivity index (χ3v) is 1.60. The highest BCUT2D eigenvalue weighted by atomic mass is 16.5. The summed E-state index contributed by atoms with van der Waals surface area (Å²) in [4.78, 5) is 18.2. The van der Waals surface area contributed by atoms with Gasteiger partial charge in [-0.05, 0) is 5.92 Å². The standard InChI is InChI=1S/C10H14N2O2/c1-8(2)6-14-10-9(3-4-13)5-11-7-12-10/h4-5,7-8H,3,6H2,1-2H3. The Kier molecular flexibility index (Phi) is 4.04. The van der Waals surface area contributed by atoms with Crippen LogP contribution in [0.5, 0.6) is 5.88 Å². The van der Waals surface area contributed by atoms with Crippen molar-refractivity contribution in [2.24, 2.45) is 5.92 Å². The normalized spacial score (nSPS) is 10.2. The number of carbonyl (C=O) groups is 1. The number of hydrogen-bond donors (Lipinski definition) is 0. The van der Waals surface area contributed by atoms with Crippen molar-refractivity contribution in [2.45, 2.75) is 20.3 Å². The molecule has 1 aromatic heterocycles. The Morgan fingerprint density at radius 3 is 3.00 bits per heavy atom. The molecule has 1 aromatic rings. The molecule has 0 radical (unpaired) electrons. The summed E-state index contributed by atoms with van der Waals surface area (Å²) in [5, 5.41) is 0. The van der Waals surface area contributed by atoms with Crippen LogP contribution in [0.2, 0.25) is 0 Å². The summed E-state index contributed by atoms with van der Waals surface area (Å²) in [5.41, 5.74) is 0.739. The molecule has 0 bridgehead atoms. The van der Waals surface area contributed by atoms with Crippen molar-refractivity contribution < 1.29 is 9.53 Å². The average molecular weight is 194 g/mol. The zero-order chi connectivity index (χ0) is 10.4. The van der Waals surface area contributed by atoms with Gasteiger partial charge in [0, 0.05) is 18.2 Å². The number of ether oxygens (including phenoxy) is 1. The van der Waals surface area contributed by atoms with E-state index in [0.717, 1.165) is 11.8 Å². The Bertz CT molecular complexity index is 300. The molecule has 0 fully saturated rings. The van der Waals surface area contributed by atoms with E-state index in [1.54, 1.807) is 6.20 Å². The lowest BCUT2D eigenvalue weighted by molar-refractivity contribution is -0.107. The molecular formula is C10H14N2O2. The van der Waals surface area contributed by atoms with Crippen molar-refractivity contribution in [2.75, 3.05) is 6.61 Å². The van der Waals surface area contributed by atoms with Crippen LogP contribution in [-0.2, 0) is 11.2 Å². The second-order valence-electron chi connectivity index (χ2n) is 3.43. The number of aromatic nitrogens is 2. The van der Waals surface area contributed by atoms with E-state index in [1.165, 1.54) is 6.33 Å². The second-order valence-corrected chi connectivity index (χ2v) is 3.43. The molecule has 0 aromatic carbocycles. The fourth-order valence-corrected chi connectivity index (χ4v) is 0.953. The summed E-state index contributed by atoms with van der Waals surface area (Å²) < 4.78 is 5.44. The van der Waals surface area contributed by atoms with Gasteiger partial charge in [0.05, 0.1) is 6.61 Å². The minimum atomic E-state index is 0.300. The van der Waals surface area contributed by atoms with Crippen LogP contribution in [0.25, 0.3) is 0 Å². The Morgan fingerprint density at radius 2 is 2.36 bits per heavy atom. The number of carbonyl (C=O) groups excluding carboxylic acids is 1. The molecule has 76 valence electrons. The lowest BCUT2D eigenvalue weighted by atomic mass is 10.2. The van der Waals surface area contributed by atoms with Gasteiger partial charge in [-0.2, -0.15) is 0 Å². The summed E-state index contributed by atoms with van der Waals surface area (Å²) >= 11 is 0. The number of nitrogens with zero attached hydrogens (tertiary/aromatic N) is 2. The molecule has 1 rings (SSSR count). The van der Waals surface area contributed by atoms with Crippen molar-refractivity contribution in [3.05, 3.63) is 18.1 Å². The maximum absolute atomic E-state index is 10.4. The zero-order valence-corrected chi connectivity index (χ0v) is 8.43. The number of rotatable bonds is 5. The van der Waals surface area contributed by atoms with Gasteiger partial charge in [0.2, 0.25) is 5.88 Å².